The minimum atomic E-state index is -0.333. The highest BCUT2D eigenvalue weighted by Gasteiger charge is 2.34. The summed E-state index contributed by atoms with van der Waals surface area (Å²) in [7, 11) is 1.69. The predicted octanol–water partition coefficient (Wildman–Crippen LogP) is 2.84. The number of hydrogen-bond donors (Lipinski definition) is 0. The van der Waals surface area contributed by atoms with Crippen molar-refractivity contribution in [2.24, 2.45) is 7.05 Å². The molecule has 1 amide bonds. The fourth-order valence-electron chi connectivity index (χ4n) is 4.86. The van der Waals surface area contributed by atoms with Crippen molar-refractivity contribution >= 4 is 46.1 Å². The lowest BCUT2D eigenvalue weighted by atomic mass is 10.0. The second-order valence-corrected chi connectivity index (χ2v) is 10.8. The van der Waals surface area contributed by atoms with Crippen LogP contribution in [-0.4, -0.2) is 64.1 Å². The number of carbonyl (C=O) groups excluding carboxylic acids is 1. The number of ether oxygens (including phenoxy) is 2. The van der Waals surface area contributed by atoms with E-state index in [2.05, 4.69) is 22.8 Å². The number of thiocarbonyl (C=S) groups is 1. The Bertz CT molecular complexity index is 1420. The van der Waals surface area contributed by atoms with E-state index in [1.165, 1.54) is 16.3 Å². The summed E-state index contributed by atoms with van der Waals surface area (Å²) in [4.78, 5) is 33.0. The molecule has 11 heteroatoms. The fraction of sp³-hybridized carbons (Fsp3) is 0.385. The number of carbonyl (C=O) groups is 1. The van der Waals surface area contributed by atoms with Gasteiger partial charge < -0.3 is 19.3 Å². The lowest BCUT2D eigenvalue weighted by molar-refractivity contribution is -0.122. The van der Waals surface area contributed by atoms with Crippen LogP contribution in [0.4, 0.5) is 5.82 Å². The minimum Gasteiger partial charge on any atom is -0.454 e. The number of thioether (sulfide) groups is 1. The van der Waals surface area contributed by atoms with Gasteiger partial charge in [-0.05, 0) is 42.8 Å². The number of likely N-dealkylation sites (N-methyl/N-ethyl adjacent to an activating group) is 1. The van der Waals surface area contributed by atoms with E-state index < -0.39 is 0 Å². The molecule has 2 fully saturated rings. The van der Waals surface area contributed by atoms with Gasteiger partial charge in [0.2, 0.25) is 6.79 Å². The second-order valence-electron chi connectivity index (χ2n) is 9.09. The van der Waals surface area contributed by atoms with Crippen molar-refractivity contribution in [1.82, 2.24) is 14.4 Å². The number of aromatic nitrogens is 1. The summed E-state index contributed by atoms with van der Waals surface area (Å²) in [6, 6.07) is 7.63. The van der Waals surface area contributed by atoms with Gasteiger partial charge in [0.25, 0.3) is 11.5 Å². The van der Waals surface area contributed by atoms with Gasteiger partial charge in [-0.15, -0.1) is 0 Å². The molecular formula is C26H27N5O4S2. The minimum absolute atomic E-state index is 0.0838. The van der Waals surface area contributed by atoms with Gasteiger partial charge in [-0.2, -0.15) is 5.26 Å². The number of nitriles is 1. The Morgan fingerprint density at radius 2 is 1.89 bits per heavy atom. The Hall–Kier alpha value is -3.33. The van der Waals surface area contributed by atoms with Gasteiger partial charge in [0, 0.05) is 38.8 Å². The molecule has 37 heavy (non-hydrogen) atoms. The average molecular weight is 538 g/mol. The molecule has 0 aliphatic carbocycles. The second kappa shape index (κ2) is 10.2. The number of hydrogen-bond acceptors (Lipinski definition) is 9. The van der Waals surface area contributed by atoms with Crippen molar-refractivity contribution in [3.05, 3.63) is 55.7 Å². The monoisotopic (exact) mass is 537 g/mol. The molecule has 0 atom stereocenters. The molecule has 9 nitrogen and oxygen atoms in total. The summed E-state index contributed by atoms with van der Waals surface area (Å²) >= 11 is 6.80. The van der Waals surface area contributed by atoms with E-state index in [0.29, 0.717) is 38.4 Å². The maximum absolute atomic E-state index is 13.5. The first-order valence-corrected chi connectivity index (χ1v) is 13.3. The van der Waals surface area contributed by atoms with Crippen LogP contribution in [0.1, 0.15) is 29.2 Å². The van der Waals surface area contributed by atoms with Crippen LogP contribution >= 0.6 is 24.0 Å². The number of fused-ring (bicyclic) bond motifs is 1. The highest BCUT2D eigenvalue weighted by Crippen LogP contribution is 2.38. The van der Waals surface area contributed by atoms with E-state index in [0.717, 1.165) is 44.1 Å². The van der Waals surface area contributed by atoms with Crippen LogP contribution in [0.3, 0.4) is 0 Å². The molecule has 5 rings (SSSR count). The standard InChI is InChI=1S/C26H27N5O4S2/c1-4-29-7-9-30(10-8-29)23-18(16(2)19(13-27)24(32)28(23)3)12-22-25(33)31(26(36)37-22)14-17-5-6-20-21(11-17)35-15-34-20/h5-6,11-12H,4,7-10,14-15H2,1-3H3/b22-12+. The SMILES string of the molecule is CCN1CCN(c2c(/C=C3/SC(=S)N(Cc4ccc5c(c4)OCO5)C3=O)c(C)c(C#N)c(=O)n2C)CC1. The van der Waals surface area contributed by atoms with Crippen molar-refractivity contribution in [3.8, 4) is 17.6 Å². The molecular weight excluding hydrogens is 510 g/mol. The molecule has 2 aromatic rings. The molecule has 0 N–H and O–H groups in total. The Morgan fingerprint density at radius 3 is 2.59 bits per heavy atom. The zero-order valence-electron chi connectivity index (χ0n) is 20.9. The van der Waals surface area contributed by atoms with Crippen molar-refractivity contribution in [2.45, 2.75) is 20.4 Å². The summed E-state index contributed by atoms with van der Waals surface area (Å²) in [6.07, 6.45) is 1.79. The molecule has 192 valence electrons. The first-order valence-electron chi connectivity index (χ1n) is 12.1. The molecule has 3 aliphatic rings. The van der Waals surface area contributed by atoms with Gasteiger partial charge in [0.15, 0.2) is 11.5 Å². The van der Waals surface area contributed by atoms with E-state index in [1.54, 1.807) is 24.9 Å². The molecule has 3 aliphatic heterocycles. The Morgan fingerprint density at radius 1 is 1.16 bits per heavy atom. The third-order valence-corrected chi connectivity index (χ3v) is 8.39. The van der Waals surface area contributed by atoms with Crippen molar-refractivity contribution in [2.75, 3.05) is 44.4 Å². The number of piperazine rings is 1. The highest BCUT2D eigenvalue weighted by molar-refractivity contribution is 8.26. The fourth-order valence-corrected chi connectivity index (χ4v) is 6.10. The van der Waals surface area contributed by atoms with Crippen LogP contribution in [0.2, 0.25) is 0 Å². The molecule has 1 aromatic carbocycles. The number of nitrogens with zero attached hydrogens (tertiary/aromatic N) is 5. The first-order chi connectivity index (χ1) is 17.8. The molecule has 0 spiro atoms. The van der Waals surface area contributed by atoms with E-state index in [4.69, 9.17) is 21.7 Å². The van der Waals surface area contributed by atoms with Gasteiger partial charge in [-0.25, -0.2) is 0 Å². The lowest BCUT2D eigenvalue weighted by Crippen LogP contribution is -2.48. The van der Waals surface area contributed by atoms with Crippen molar-refractivity contribution in [1.29, 1.82) is 5.26 Å². The number of anilines is 1. The maximum atomic E-state index is 13.5. The smallest absolute Gasteiger partial charge is 0.270 e. The van der Waals surface area contributed by atoms with Gasteiger partial charge in [-0.1, -0.05) is 37.0 Å². The number of pyridine rings is 1. The van der Waals surface area contributed by atoms with Crippen LogP contribution in [0.15, 0.2) is 27.9 Å². The molecule has 1 aromatic heterocycles. The molecule has 0 saturated carbocycles. The van der Waals surface area contributed by atoms with Crippen molar-refractivity contribution in [3.63, 3.8) is 0 Å². The highest BCUT2D eigenvalue weighted by atomic mass is 32.2. The first kappa shape index (κ1) is 25.3. The molecule has 2 saturated heterocycles. The molecule has 0 unspecified atom stereocenters. The third-order valence-electron chi connectivity index (χ3n) is 7.01. The average Bonchev–Trinajstić information content (AvgIpc) is 3.47. The van der Waals surface area contributed by atoms with Crippen LogP contribution in [0, 0.1) is 18.3 Å². The topological polar surface area (TPSA) is 91.0 Å². The summed E-state index contributed by atoms with van der Waals surface area (Å²) in [5.74, 6) is 1.84. The van der Waals surface area contributed by atoms with Gasteiger partial charge >= 0.3 is 0 Å². The molecule has 0 bridgehead atoms. The molecule has 4 heterocycles. The van der Waals surface area contributed by atoms with Crippen LogP contribution in [0.5, 0.6) is 11.5 Å². The third kappa shape index (κ3) is 4.61. The van der Waals surface area contributed by atoms with E-state index in [-0.39, 0.29) is 23.8 Å². The summed E-state index contributed by atoms with van der Waals surface area (Å²) in [5.41, 5.74) is 1.90. The number of rotatable bonds is 5. The van der Waals surface area contributed by atoms with Gasteiger partial charge in [0.05, 0.1) is 11.4 Å². The number of amides is 1. The summed E-state index contributed by atoms with van der Waals surface area (Å²) in [5, 5.41) is 9.72. The van der Waals surface area contributed by atoms with Crippen LogP contribution < -0.4 is 19.9 Å². The van der Waals surface area contributed by atoms with Crippen molar-refractivity contribution < 1.29 is 14.3 Å². The van der Waals surface area contributed by atoms with E-state index in [1.807, 2.05) is 18.2 Å². The Labute approximate surface area is 224 Å². The zero-order chi connectivity index (χ0) is 26.3. The van der Waals surface area contributed by atoms with Crippen LogP contribution in [0.25, 0.3) is 6.08 Å². The Kier molecular flexibility index (Phi) is 6.98. The van der Waals surface area contributed by atoms with Crippen LogP contribution in [-0.2, 0) is 18.4 Å². The number of benzene rings is 1. The zero-order valence-corrected chi connectivity index (χ0v) is 22.6. The van der Waals surface area contributed by atoms with E-state index >= 15 is 0 Å². The van der Waals surface area contributed by atoms with E-state index in [9.17, 15) is 14.9 Å². The maximum Gasteiger partial charge on any atom is 0.270 e. The normalized spacial score (nSPS) is 18.7. The molecule has 0 radical (unpaired) electrons. The lowest BCUT2D eigenvalue weighted by Gasteiger charge is -2.37. The quantitative estimate of drug-likeness (QED) is 0.422. The Balaban J connectivity index is 1.50. The van der Waals surface area contributed by atoms with Gasteiger partial charge in [0.1, 0.15) is 21.8 Å². The summed E-state index contributed by atoms with van der Waals surface area (Å²) in [6.45, 7) is 8.61. The largest absolute Gasteiger partial charge is 0.454 e. The predicted molar refractivity (Wildman–Crippen MR) is 147 cm³/mol. The summed E-state index contributed by atoms with van der Waals surface area (Å²) < 4.78 is 12.8. The van der Waals surface area contributed by atoms with Gasteiger partial charge in [-0.3, -0.25) is 19.1 Å².